The Morgan fingerprint density at radius 3 is 2.53 bits per heavy atom. The molecule has 1 aromatic rings. The minimum atomic E-state index is -2.46. The molecule has 0 spiro atoms. The van der Waals surface area contributed by atoms with E-state index in [-0.39, 0.29) is 12.0 Å². The van der Waals surface area contributed by atoms with Crippen molar-refractivity contribution in [3.63, 3.8) is 0 Å². The SMILES string of the molecule is COc1ccc(OC)c(C(Cl)CCOCC(F)F)c1. The third-order valence-corrected chi connectivity index (χ3v) is 2.99. The number of benzene rings is 1. The minimum absolute atomic E-state index is 0.166. The van der Waals surface area contributed by atoms with E-state index in [0.717, 1.165) is 5.56 Å². The van der Waals surface area contributed by atoms with Crippen molar-refractivity contribution in [2.24, 2.45) is 0 Å². The molecule has 0 bridgehead atoms. The zero-order valence-electron chi connectivity index (χ0n) is 10.9. The molecule has 0 radical (unpaired) electrons. The second-order valence-electron chi connectivity index (χ2n) is 3.83. The lowest BCUT2D eigenvalue weighted by atomic mass is 10.1. The van der Waals surface area contributed by atoms with E-state index in [1.54, 1.807) is 32.4 Å². The van der Waals surface area contributed by atoms with E-state index in [4.69, 9.17) is 25.8 Å². The number of alkyl halides is 3. The number of hydrogen-bond acceptors (Lipinski definition) is 3. The highest BCUT2D eigenvalue weighted by Gasteiger charge is 2.15. The van der Waals surface area contributed by atoms with Crippen LogP contribution in [0.15, 0.2) is 18.2 Å². The Morgan fingerprint density at radius 2 is 1.95 bits per heavy atom. The Kier molecular flexibility index (Phi) is 6.87. The highest BCUT2D eigenvalue weighted by molar-refractivity contribution is 6.21. The summed E-state index contributed by atoms with van der Waals surface area (Å²) in [7, 11) is 3.10. The van der Waals surface area contributed by atoms with Crippen molar-refractivity contribution in [3.8, 4) is 11.5 Å². The summed E-state index contributed by atoms with van der Waals surface area (Å²) >= 11 is 6.23. The van der Waals surface area contributed by atoms with E-state index in [2.05, 4.69) is 0 Å². The van der Waals surface area contributed by atoms with Gasteiger partial charge >= 0.3 is 0 Å². The molecule has 108 valence electrons. The van der Waals surface area contributed by atoms with Crippen LogP contribution < -0.4 is 9.47 Å². The van der Waals surface area contributed by atoms with Gasteiger partial charge in [-0.2, -0.15) is 0 Å². The van der Waals surface area contributed by atoms with Crippen molar-refractivity contribution in [1.29, 1.82) is 0 Å². The summed E-state index contributed by atoms with van der Waals surface area (Å²) in [4.78, 5) is 0. The van der Waals surface area contributed by atoms with Crippen molar-refractivity contribution in [1.82, 2.24) is 0 Å². The summed E-state index contributed by atoms with van der Waals surface area (Å²) < 4.78 is 38.9. The van der Waals surface area contributed by atoms with E-state index >= 15 is 0 Å². The zero-order chi connectivity index (χ0) is 14.3. The predicted molar refractivity (Wildman–Crippen MR) is 69.6 cm³/mol. The van der Waals surface area contributed by atoms with Gasteiger partial charge in [0.25, 0.3) is 6.43 Å². The van der Waals surface area contributed by atoms with Gasteiger partial charge in [-0.05, 0) is 24.6 Å². The maximum atomic E-state index is 11.9. The molecule has 0 N–H and O–H groups in total. The molecule has 1 atom stereocenters. The van der Waals surface area contributed by atoms with Gasteiger partial charge in [0.2, 0.25) is 0 Å². The predicted octanol–water partition coefficient (Wildman–Crippen LogP) is 3.66. The van der Waals surface area contributed by atoms with Gasteiger partial charge in [0.15, 0.2) is 0 Å². The van der Waals surface area contributed by atoms with E-state index < -0.39 is 13.0 Å². The fraction of sp³-hybridized carbons (Fsp3) is 0.538. The lowest BCUT2D eigenvalue weighted by Gasteiger charge is -2.15. The Bertz CT molecular complexity index is 388. The topological polar surface area (TPSA) is 27.7 Å². The van der Waals surface area contributed by atoms with Crippen molar-refractivity contribution in [2.45, 2.75) is 18.2 Å². The van der Waals surface area contributed by atoms with E-state index in [1.807, 2.05) is 0 Å². The normalized spacial score (nSPS) is 12.5. The third kappa shape index (κ3) is 5.20. The molecule has 0 fully saturated rings. The Labute approximate surface area is 116 Å². The largest absolute Gasteiger partial charge is 0.497 e. The number of halogens is 3. The fourth-order valence-electron chi connectivity index (χ4n) is 1.60. The first-order chi connectivity index (χ1) is 9.08. The third-order valence-electron chi connectivity index (χ3n) is 2.53. The molecular formula is C13H17ClF2O3. The Balaban J connectivity index is 2.61. The van der Waals surface area contributed by atoms with Crippen LogP contribution in [-0.4, -0.2) is 33.9 Å². The fourth-order valence-corrected chi connectivity index (χ4v) is 1.86. The highest BCUT2D eigenvalue weighted by Crippen LogP contribution is 2.34. The summed E-state index contributed by atoms with van der Waals surface area (Å²) in [5.74, 6) is 1.30. The number of rotatable bonds is 8. The minimum Gasteiger partial charge on any atom is -0.497 e. The van der Waals surface area contributed by atoms with Gasteiger partial charge in [-0.15, -0.1) is 11.6 Å². The first-order valence-corrected chi connectivity index (χ1v) is 6.24. The van der Waals surface area contributed by atoms with Crippen molar-refractivity contribution < 1.29 is 23.0 Å². The maximum Gasteiger partial charge on any atom is 0.261 e. The summed E-state index contributed by atoms with van der Waals surface area (Å²) in [6.45, 7) is -0.405. The first-order valence-electron chi connectivity index (χ1n) is 5.80. The van der Waals surface area contributed by atoms with Gasteiger partial charge in [-0.25, -0.2) is 8.78 Å². The van der Waals surface area contributed by atoms with Gasteiger partial charge < -0.3 is 14.2 Å². The molecule has 0 aliphatic carbocycles. The average molecular weight is 295 g/mol. The first kappa shape index (κ1) is 16.0. The molecule has 0 aliphatic rings. The monoisotopic (exact) mass is 294 g/mol. The number of methoxy groups -OCH3 is 2. The number of hydrogen-bond donors (Lipinski definition) is 0. The van der Waals surface area contributed by atoms with Crippen molar-refractivity contribution in [3.05, 3.63) is 23.8 Å². The quantitative estimate of drug-likeness (QED) is 0.541. The molecule has 6 heteroatoms. The Morgan fingerprint density at radius 1 is 1.21 bits per heavy atom. The molecule has 3 nitrogen and oxygen atoms in total. The molecule has 0 saturated heterocycles. The van der Waals surface area contributed by atoms with Gasteiger partial charge in [0, 0.05) is 12.2 Å². The molecule has 19 heavy (non-hydrogen) atoms. The van der Waals surface area contributed by atoms with Crippen molar-refractivity contribution >= 4 is 11.6 Å². The molecule has 1 rings (SSSR count). The summed E-state index contributed by atoms with van der Waals surface area (Å²) in [5, 5.41) is -0.386. The molecule has 0 aliphatic heterocycles. The molecule has 0 heterocycles. The van der Waals surface area contributed by atoms with E-state index in [1.165, 1.54) is 0 Å². The van der Waals surface area contributed by atoms with Gasteiger partial charge in [0.05, 0.1) is 19.6 Å². The van der Waals surface area contributed by atoms with Crippen LogP contribution in [0.4, 0.5) is 8.78 Å². The molecule has 0 saturated carbocycles. The van der Waals surface area contributed by atoms with Crippen LogP contribution in [0.25, 0.3) is 0 Å². The highest BCUT2D eigenvalue weighted by atomic mass is 35.5. The molecule has 1 unspecified atom stereocenters. The molecule has 0 aromatic heterocycles. The Hall–Kier alpha value is -1.07. The van der Waals surface area contributed by atoms with Gasteiger partial charge in [-0.1, -0.05) is 0 Å². The lowest BCUT2D eigenvalue weighted by Crippen LogP contribution is -2.07. The second kappa shape index (κ2) is 8.17. The van der Waals surface area contributed by atoms with Crippen molar-refractivity contribution in [2.75, 3.05) is 27.4 Å². The van der Waals surface area contributed by atoms with Gasteiger partial charge in [-0.3, -0.25) is 0 Å². The van der Waals surface area contributed by atoms with E-state index in [0.29, 0.717) is 17.9 Å². The van der Waals surface area contributed by atoms with Crippen LogP contribution in [-0.2, 0) is 4.74 Å². The molecular weight excluding hydrogens is 278 g/mol. The van der Waals surface area contributed by atoms with Crippen LogP contribution in [0, 0.1) is 0 Å². The smallest absolute Gasteiger partial charge is 0.261 e. The van der Waals surface area contributed by atoms with Gasteiger partial charge in [0.1, 0.15) is 18.1 Å². The van der Waals surface area contributed by atoms with Crippen LogP contribution in [0.2, 0.25) is 0 Å². The van der Waals surface area contributed by atoms with Crippen LogP contribution >= 0.6 is 11.6 Å². The van der Waals surface area contributed by atoms with Crippen LogP contribution in [0.3, 0.4) is 0 Å². The summed E-state index contributed by atoms with van der Waals surface area (Å²) in [6, 6.07) is 5.28. The number of ether oxygens (including phenoxy) is 3. The standard InChI is InChI=1S/C13H17ClF2O3/c1-17-9-3-4-12(18-2)10(7-9)11(14)5-6-19-8-13(15)16/h3-4,7,11,13H,5-6,8H2,1-2H3. The zero-order valence-corrected chi connectivity index (χ0v) is 11.6. The van der Waals surface area contributed by atoms with Crippen LogP contribution in [0.5, 0.6) is 11.5 Å². The summed E-state index contributed by atoms with van der Waals surface area (Å²) in [6.07, 6.45) is -2.04. The summed E-state index contributed by atoms with van der Waals surface area (Å²) in [5.41, 5.74) is 0.754. The van der Waals surface area contributed by atoms with E-state index in [9.17, 15) is 8.78 Å². The van der Waals surface area contributed by atoms with Crippen LogP contribution in [0.1, 0.15) is 17.4 Å². The average Bonchev–Trinajstić information content (AvgIpc) is 2.42. The lowest BCUT2D eigenvalue weighted by molar-refractivity contribution is 0.0165. The molecule has 1 aromatic carbocycles. The maximum absolute atomic E-state index is 11.9. The molecule has 0 amide bonds. The second-order valence-corrected chi connectivity index (χ2v) is 4.36.